The Bertz CT molecular complexity index is 861. The van der Waals surface area contributed by atoms with E-state index in [1.165, 1.54) is 4.90 Å². The first-order valence-corrected chi connectivity index (χ1v) is 11.6. The predicted octanol–water partition coefficient (Wildman–Crippen LogP) is 1.43. The molecule has 1 spiro atoms. The van der Waals surface area contributed by atoms with Gasteiger partial charge in [0.2, 0.25) is 11.8 Å². The van der Waals surface area contributed by atoms with Crippen molar-refractivity contribution in [2.24, 2.45) is 11.8 Å². The van der Waals surface area contributed by atoms with Crippen LogP contribution in [0.25, 0.3) is 0 Å². The van der Waals surface area contributed by atoms with Gasteiger partial charge in [-0.1, -0.05) is 31.2 Å². The topological polar surface area (TPSA) is 96.4 Å². The molecule has 4 rings (SSSR count). The van der Waals surface area contributed by atoms with Crippen molar-refractivity contribution in [1.82, 2.24) is 9.80 Å². The molecule has 4 aliphatic rings. The van der Waals surface area contributed by atoms with Crippen molar-refractivity contribution in [2.75, 3.05) is 26.3 Å². The van der Waals surface area contributed by atoms with Gasteiger partial charge in [0.15, 0.2) is 0 Å². The molecule has 32 heavy (non-hydrogen) atoms. The zero-order valence-electron chi connectivity index (χ0n) is 19.4. The number of ether oxygens (including phenoxy) is 2. The number of hydrogen-bond acceptors (Lipinski definition) is 6. The van der Waals surface area contributed by atoms with Crippen LogP contribution in [0, 0.1) is 11.8 Å². The summed E-state index contributed by atoms with van der Waals surface area (Å²) in [6, 6.07) is -0.901. The van der Waals surface area contributed by atoms with Crippen LogP contribution in [0.3, 0.4) is 0 Å². The number of esters is 1. The van der Waals surface area contributed by atoms with Crippen molar-refractivity contribution in [1.29, 1.82) is 0 Å². The van der Waals surface area contributed by atoms with E-state index >= 15 is 0 Å². The molecular weight excluding hydrogens is 412 g/mol. The van der Waals surface area contributed by atoms with Gasteiger partial charge in [-0.15, -0.1) is 0 Å². The minimum atomic E-state index is -1.27. The van der Waals surface area contributed by atoms with Gasteiger partial charge < -0.3 is 24.4 Å². The van der Waals surface area contributed by atoms with Gasteiger partial charge in [-0.2, -0.15) is 0 Å². The van der Waals surface area contributed by atoms with Crippen LogP contribution in [-0.4, -0.2) is 81.8 Å². The van der Waals surface area contributed by atoms with Crippen LogP contribution < -0.4 is 0 Å². The molecule has 0 saturated carbocycles. The van der Waals surface area contributed by atoms with Crippen LogP contribution in [0.5, 0.6) is 0 Å². The number of cyclic esters (lactones) is 1. The maximum atomic E-state index is 14.0. The van der Waals surface area contributed by atoms with Crippen molar-refractivity contribution in [3.05, 3.63) is 24.3 Å². The van der Waals surface area contributed by atoms with E-state index in [-0.39, 0.29) is 31.6 Å². The number of carbonyl (C=O) groups is 3. The number of hydrogen-bond donors (Lipinski definition) is 1. The van der Waals surface area contributed by atoms with E-state index in [1.54, 1.807) is 4.90 Å². The molecule has 4 heterocycles. The number of likely N-dealkylation sites (tertiary alicyclic amines) is 1. The molecule has 8 nitrogen and oxygen atoms in total. The molecule has 5 atom stereocenters. The molecule has 176 valence electrons. The summed E-state index contributed by atoms with van der Waals surface area (Å²) in [5.41, 5.74) is -2.74. The van der Waals surface area contributed by atoms with Gasteiger partial charge >= 0.3 is 5.97 Å². The van der Waals surface area contributed by atoms with Gasteiger partial charge in [0.25, 0.3) is 0 Å². The summed E-state index contributed by atoms with van der Waals surface area (Å²) >= 11 is 0. The van der Waals surface area contributed by atoms with E-state index in [9.17, 15) is 19.5 Å². The maximum absolute atomic E-state index is 14.0. The van der Waals surface area contributed by atoms with Gasteiger partial charge in [0.05, 0.1) is 12.5 Å². The second kappa shape index (κ2) is 7.99. The third-order valence-corrected chi connectivity index (χ3v) is 7.27. The number of rotatable bonds is 4. The van der Waals surface area contributed by atoms with E-state index in [2.05, 4.69) is 0 Å². The highest BCUT2D eigenvalue weighted by molar-refractivity contribution is 5.99. The van der Waals surface area contributed by atoms with E-state index in [0.717, 1.165) is 0 Å². The number of fused-ring (bicyclic) bond motifs is 2. The molecule has 0 aromatic carbocycles. The number of amides is 2. The molecule has 1 unspecified atom stereocenters. The van der Waals surface area contributed by atoms with Gasteiger partial charge in [-0.05, 0) is 40.0 Å². The Morgan fingerprint density at radius 3 is 2.53 bits per heavy atom. The monoisotopic (exact) mass is 446 g/mol. The maximum Gasteiger partial charge on any atom is 0.313 e. The SMILES string of the molecule is CC[C@]12C=CCCOC(=O)[C@H]1[C@H]1C(=O)N(CCCO)C3C(=O)N(C(C)(C)C)CC=C[C@@]31O2. The number of nitrogens with zero attached hydrogens (tertiary/aromatic N) is 2. The van der Waals surface area contributed by atoms with Crippen molar-refractivity contribution in [3.8, 4) is 0 Å². The van der Waals surface area contributed by atoms with Crippen LogP contribution in [-0.2, 0) is 23.9 Å². The highest BCUT2D eigenvalue weighted by Crippen LogP contribution is 2.58. The molecule has 0 aromatic rings. The lowest BCUT2D eigenvalue weighted by molar-refractivity contribution is -0.162. The fourth-order valence-corrected chi connectivity index (χ4v) is 5.81. The Morgan fingerprint density at radius 2 is 1.88 bits per heavy atom. The van der Waals surface area contributed by atoms with Crippen LogP contribution in [0.2, 0.25) is 0 Å². The minimum absolute atomic E-state index is 0.102. The molecule has 2 amide bonds. The lowest BCUT2D eigenvalue weighted by atomic mass is 9.73. The second-order valence-corrected chi connectivity index (χ2v) is 10.1. The van der Waals surface area contributed by atoms with Crippen molar-refractivity contribution in [3.63, 3.8) is 0 Å². The lowest BCUT2D eigenvalue weighted by Crippen LogP contribution is -2.59. The van der Waals surface area contributed by atoms with Gasteiger partial charge in [-0.3, -0.25) is 14.4 Å². The first-order valence-electron chi connectivity index (χ1n) is 11.6. The summed E-state index contributed by atoms with van der Waals surface area (Å²) < 4.78 is 12.3. The van der Waals surface area contributed by atoms with Crippen LogP contribution >= 0.6 is 0 Å². The van der Waals surface area contributed by atoms with E-state index in [4.69, 9.17) is 9.47 Å². The summed E-state index contributed by atoms with van der Waals surface area (Å²) in [6.45, 7) is 8.56. The number of aliphatic hydroxyl groups is 1. The van der Waals surface area contributed by atoms with Crippen molar-refractivity contribution in [2.45, 2.75) is 69.7 Å². The fourth-order valence-electron chi connectivity index (χ4n) is 5.81. The highest BCUT2D eigenvalue weighted by Gasteiger charge is 2.75. The summed E-state index contributed by atoms with van der Waals surface area (Å²) in [5.74, 6) is -2.64. The second-order valence-electron chi connectivity index (χ2n) is 10.1. The Morgan fingerprint density at radius 1 is 1.12 bits per heavy atom. The molecule has 0 radical (unpaired) electrons. The molecule has 0 bridgehead atoms. The van der Waals surface area contributed by atoms with E-state index < -0.39 is 40.6 Å². The Balaban J connectivity index is 1.90. The molecule has 4 aliphatic heterocycles. The molecule has 2 saturated heterocycles. The zero-order valence-corrected chi connectivity index (χ0v) is 19.4. The normalized spacial score (nSPS) is 36.9. The first kappa shape index (κ1) is 23.0. The predicted molar refractivity (Wildman–Crippen MR) is 116 cm³/mol. The summed E-state index contributed by atoms with van der Waals surface area (Å²) in [4.78, 5) is 44.3. The summed E-state index contributed by atoms with van der Waals surface area (Å²) in [6.07, 6.45) is 8.96. The van der Waals surface area contributed by atoms with Crippen LogP contribution in [0.15, 0.2) is 24.3 Å². The third-order valence-electron chi connectivity index (χ3n) is 7.27. The third kappa shape index (κ3) is 3.22. The van der Waals surface area contributed by atoms with Gasteiger partial charge in [0, 0.05) is 25.2 Å². The molecule has 1 N–H and O–H groups in total. The Kier molecular flexibility index (Phi) is 5.74. The lowest BCUT2D eigenvalue weighted by Gasteiger charge is -2.41. The van der Waals surface area contributed by atoms with E-state index in [1.807, 2.05) is 52.0 Å². The van der Waals surface area contributed by atoms with Gasteiger partial charge in [0.1, 0.15) is 23.2 Å². The highest BCUT2D eigenvalue weighted by atomic mass is 16.6. The quantitative estimate of drug-likeness (QED) is 0.518. The van der Waals surface area contributed by atoms with Crippen LogP contribution in [0.4, 0.5) is 0 Å². The Hall–Kier alpha value is -2.19. The standard InChI is InChI=1S/C24H34N2O6/c1-5-23-10-6-7-15-31-21(30)17(23)16-19(28)25(12-9-14-27)18-20(29)26(22(2,3)4)13-8-11-24(16,18)32-23/h6,8,10-11,16-18,27H,5,7,9,12-15H2,1-4H3/t16-,17+,18?,23-,24-/m0/s1. The molecule has 8 heteroatoms. The number of carbonyl (C=O) groups excluding carboxylic acids is 3. The smallest absolute Gasteiger partial charge is 0.313 e. The van der Waals surface area contributed by atoms with Crippen LogP contribution in [0.1, 0.15) is 47.0 Å². The summed E-state index contributed by atoms with van der Waals surface area (Å²) in [7, 11) is 0. The van der Waals surface area contributed by atoms with Gasteiger partial charge in [-0.25, -0.2) is 0 Å². The molecular formula is C24H34N2O6. The van der Waals surface area contributed by atoms with Crippen molar-refractivity contribution < 1.29 is 29.0 Å². The minimum Gasteiger partial charge on any atom is -0.465 e. The Labute approximate surface area is 189 Å². The first-order chi connectivity index (χ1) is 15.1. The number of aliphatic hydroxyl groups excluding tert-OH is 1. The molecule has 0 aliphatic carbocycles. The van der Waals surface area contributed by atoms with Crippen molar-refractivity contribution >= 4 is 17.8 Å². The average molecular weight is 447 g/mol. The zero-order chi connectivity index (χ0) is 23.3. The summed E-state index contributed by atoms with van der Waals surface area (Å²) in [5, 5.41) is 9.43. The molecule has 0 aromatic heterocycles. The fraction of sp³-hybridized carbons (Fsp3) is 0.708. The van der Waals surface area contributed by atoms with E-state index in [0.29, 0.717) is 25.8 Å². The molecule has 2 fully saturated rings. The largest absolute Gasteiger partial charge is 0.465 e. The average Bonchev–Trinajstić information content (AvgIpc) is 3.06.